The van der Waals surface area contributed by atoms with Crippen LogP contribution in [-0.4, -0.2) is 27.4 Å². The van der Waals surface area contributed by atoms with Gasteiger partial charge in [-0.05, 0) is 32.7 Å². The highest BCUT2D eigenvalue weighted by atomic mass is 28.2. The van der Waals surface area contributed by atoms with Crippen molar-refractivity contribution < 1.29 is 0 Å². The van der Waals surface area contributed by atoms with E-state index < -0.39 is 0 Å². The standard InChI is InChI=1S/C11H28N2Si/c1-8(2)12-10(13-9(3)4)14-11(5,6)7/h8-10,12-13H,14H2,1-7H3. The maximum absolute atomic E-state index is 3.62. The molecule has 0 atom stereocenters. The highest BCUT2D eigenvalue weighted by Crippen LogP contribution is 2.20. The Morgan fingerprint density at radius 1 is 0.857 bits per heavy atom. The van der Waals surface area contributed by atoms with Crippen LogP contribution in [0, 0.1) is 0 Å². The van der Waals surface area contributed by atoms with Crippen molar-refractivity contribution in [3.05, 3.63) is 0 Å². The highest BCUT2D eigenvalue weighted by Gasteiger charge is 2.20. The van der Waals surface area contributed by atoms with Crippen molar-refractivity contribution in [3.63, 3.8) is 0 Å². The molecule has 0 aromatic carbocycles. The van der Waals surface area contributed by atoms with Crippen molar-refractivity contribution in [2.45, 2.75) is 71.4 Å². The van der Waals surface area contributed by atoms with Gasteiger partial charge in [0.1, 0.15) is 0 Å². The van der Waals surface area contributed by atoms with Gasteiger partial charge in [0, 0.05) is 17.9 Å². The molecule has 2 nitrogen and oxygen atoms in total. The third-order valence-electron chi connectivity index (χ3n) is 1.89. The molecule has 2 N–H and O–H groups in total. The first kappa shape index (κ1) is 14.1. The summed E-state index contributed by atoms with van der Waals surface area (Å²) in [5.41, 5.74) is 0. The topological polar surface area (TPSA) is 24.1 Å². The average molecular weight is 216 g/mol. The predicted octanol–water partition coefficient (Wildman–Crippen LogP) is 1.65. The van der Waals surface area contributed by atoms with Gasteiger partial charge in [-0.25, -0.2) is 0 Å². The molecular weight excluding hydrogens is 188 g/mol. The Morgan fingerprint density at radius 3 is 1.43 bits per heavy atom. The zero-order valence-electron chi connectivity index (χ0n) is 10.9. The van der Waals surface area contributed by atoms with E-state index >= 15 is 0 Å². The monoisotopic (exact) mass is 216 g/mol. The summed E-state index contributed by atoms with van der Waals surface area (Å²) in [6.07, 6.45) is 0. The number of rotatable bonds is 5. The molecule has 0 rings (SSSR count). The molecule has 0 aromatic rings. The summed E-state index contributed by atoms with van der Waals surface area (Å²) in [6.45, 7) is 15.9. The Hall–Kier alpha value is 0.137. The van der Waals surface area contributed by atoms with Gasteiger partial charge in [-0.2, -0.15) is 0 Å². The molecular formula is C11H28N2Si. The largest absolute Gasteiger partial charge is 0.303 e. The summed E-state index contributed by atoms with van der Waals surface area (Å²) in [6, 6.07) is 1.14. The van der Waals surface area contributed by atoms with Crippen molar-refractivity contribution in [2.75, 3.05) is 0 Å². The summed E-state index contributed by atoms with van der Waals surface area (Å²) >= 11 is 0. The molecule has 0 saturated heterocycles. The van der Waals surface area contributed by atoms with Crippen LogP contribution in [-0.2, 0) is 0 Å². The molecule has 0 saturated carbocycles. The van der Waals surface area contributed by atoms with E-state index in [0.717, 1.165) is 0 Å². The average Bonchev–Trinajstić information content (AvgIpc) is 1.77. The maximum Gasteiger partial charge on any atom is 0.0644 e. The summed E-state index contributed by atoms with van der Waals surface area (Å²) < 4.78 is 0. The van der Waals surface area contributed by atoms with Gasteiger partial charge in [0.05, 0.1) is 9.52 Å². The first-order valence-corrected chi connectivity index (χ1v) is 7.25. The Bertz CT molecular complexity index is 140. The van der Waals surface area contributed by atoms with E-state index in [1.165, 1.54) is 0 Å². The van der Waals surface area contributed by atoms with Crippen LogP contribution < -0.4 is 10.6 Å². The fourth-order valence-electron chi connectivity index (χ4n) is 1.58. The first-order chi connectivity index (χ1) is 6.20. The summed E-state index contributed by atoms with van der Waals surface area (Å²) in [5.74, 6) is 0.565. The van der Waals surface area contributed by atoms with Crippen molar-refractivity contribution in [1.82, 2.24) is 10.6 Å². The maximum atomic E-state index is 3.62. The number of nitrogens with one attached hydrogen (secondary N) is 2. The fraction of sp³-hybridized carbons (Fsp3) is 1.00. The van der Waals surface area contributed by atoms with Gasteiger partial charge in [0.15, 0.2) is 0 Å². The van der Waals surface area contributed by atoms with E-state index in [0.29, 0.717) is 22.9 Å². The Kier molecular flexibility index (Phi) is 5.94. The molecule has 0 spiro atoms. The number of hydrogen-bond donors (Lipinski definition) is 2. The van der Waals surface area contributed by atoms with Gasteiger partial charge >= 0.3 is 0 Å². The lowest BCUT2D eigenvalue weighted by atomic mass is 10.2. The molecule has 3 heteroatoms. The Balaban J connectivity index is 4.11. The predicted molar refractivity (Wildman–Crippen MR) is 68.6 cm³/mol. The molecule has 0 fully saturated rings. The smallest absolute Gasteiger partial charge is 0.0644 e. The molecule has 0 aliphatic carbocycles. The molecule has 0 aromatic heterocycles. The first-order valence-electron chi connectivity index (χ1n) is 5.73. The minimum atomic E-state index is -0.144. The normalized spacial score (nSPS) is 14.1. The lowest BCUT2D eigenvalue weighted by Crippen LogP contribution is -2.53. The molecule has 0 amide bonds. The van der Waals surface area contributed by atoms with Crippen LogP contribution in [0.25, 0.3) is 0 Å². The van der Waals surface area contributed by atoms with E-state index in [1.807, 2.05) is 0 Å². The minimum absolute atomic E-state index is 0.144. The van der Waals surface area contributed by atoms with Crippen molar-refractivity contribution in [3.8, 4) is 0 Å². The van der Waals surface area contributed by atoms with Gasteiger partial charge in [0.25, 0.3) is 0 Å². The summed E-state index contributed by atoms with van der Waals surface area (Å²) in [7, 11) is -0.144. The van der Waals surface area contributed by atoms with Crippen molar-refractivity contribution in [1.29, 1.82) is 0 Å². The van der Waals surface area contributed by atoms with Gasteiger partial charge in [-0.3, -0.25) is 0 Å². The minimum Gasteiger partial charge on any atom is -0.303 e. The molecule has 0 radical (unpaired) electrons. The van der Waals surface area contributed by atoms with Crippen LogP contribution in [0.5, 0.6) is 0 Å². The van der Waals surface area contributed by atoms with E-state index in [2.05, 4.69) is 59.1 Å². The zero-order chi connectivity index (χ0) is 11.4. The third-order valence-corrected chi connectivity index (χ3v) is 3.99. The van der Waals surface area contributed by atoms with Gasteiger partial charge < -0.3 is 10.6 Å². The summed E-state index contributed by atoms with van der Waals surface area (Å²) in [5, 5.41) is 7.75. The second-order valence-electron chi connectivity index (χ2n) is 5.96. The van der Waals surface area contributed by atoms with Crippen LogP contribution in [0.15, 0.2) is 0 Å². The molecule has 0 unspecified atom stereocenters. The van der Waals surface area contributed by atoms with E-state index in [9.17, 15) is 0 Å². The second-order valence-corrected chi connectivity index (χ2v) is 9.31. The lowest BCUT2D eigenvalue weighted by molar-refractivity contribution is 0.441. The second kappa shape index (κ2) is 5.88. The van der Waals surface area contributed by atoms with E-state index in [1.54, 1.807) is 0 Å². The van der Waals surface area contributed by atoms with Crippen LogP contribution >= 0.6 is 0 Å². The van der Waals surface area contributed by atoms with Crippen LogP contribution in [0.2, 0.25) is 5.04 Å². The third kappa shape index (κ3) is 8.72. The summed E-state index contributed by atoms with van der Waals surface area (Å²) in [4.78, 5) is 0. The molecule has 14 heavy (non-hydrogen) atoms. The van der Waals surface area contributed by atoms with Crippen LogP contribution in [0.4, 0.5) is 0 Å². The Labute approximate surface area is 92.1 Å². The number of hydrogen-bond acceptors (Lipinski definition) is 2. The van der Waals surface area contributed by atoms with Gasteiger partial charge in [-0.1, -0.05) is 20.8 Å². The van der Waals surface area contributed by atoms with Gasteiger partial charge in [-0.15, -0.1) is 0 Å². The van der Waals surface area contributed by atoms with E-state index in [4.69, 9.17) is 0 Å². The molecule has 86 valence electrons. The molecule has 0 bridgehead atoms. The molecule has 0 aliphatic heterocycles. The lowest BCUT2D eigenvalue weighted by Gasteiger charge is -2.30. The SMILES string of the molecule is CC(C)NC(NC(C)C)[SiH2]C(C)(C)C. The zero-order valence-corrected chi connectivity index (χ0v) is 12.4. The molecule has 0 aliphatic rings. The van der Waals surface area contributed by atoms with Crippen molar-refractivity contribution in [2.24, 2.45) is 0 Å². The van der Waals surface area contributed by atoms with Crippen molar-refractivity contribution >= 4 is 9.52 Å². The van der Waals surface area contributed by atoms with Crippen LogP contribution in [0.1, 0.15) is 48.5 Å². The molecule has 0 heterocycles. The van der Waals surface area contributed by atoms with Crippen LogP contribution in [0.3, 0.4) is 0 Å². The Morgan fingerprint density at radius 2 is 1.21 bits per heavy atom. The quantitative estimate of drug-likeness (QED) is 0.539. The fourth-order valence-corrected chi connectivity index (χ4v) is 3.99. The highest BCUT2D eigenvalue weighted by molar-refractivity contribution is 6.41. The van der Waals surface area contributed by atoms with Gasteiger partial charge in [0.2, 0.25) is 0 Å². The van der Waals surface area contributed by atoms with E-state index in [-0.39, 0.29) is 9.52 Å².